The second-order valence-electron chi connectivity index (χ2n) is 5.95. The van der Waals surface area contributed by atoms with E-state index in [0.29, 0.717) is 6.54 Å². The molecule has 0 aliphatic carbocycles. The van der Waals surface area contributed by atoms with Gasteiger partial charge in [0, 0.05) is 18.9 Å². The van der Waals surface area contributed by atoms with Crippen LogP contribution in [-0.2, 0) is 6.54 Å². The maximum Gasteiger partial charge on any atom is 0.336 e. The van der Waals surface area contributed by atoms with Gasteiger partial charge in [0.05, 0.1) is 16.7 Å². The van der Waals surface area contributed by atoms with E-state index in [-0.39, 0.29) is 11.4 Å². The highest BCUT2D eigenvalue weighted by Crippen LogP contribution is 2.24. The van der Waals surface area contributed by atoms with Crippen LogP contribution >= 0.6 is 0 Å². The van der Waals surface area contributed by atoms with Crippen LogP contribution in [-0.4, -0.2) is 32.4 Å². The van der Waals surface area contributed by atoms with Crippen molar-refractivity contribution in [3.8, 4) is 0 Å². The Hall–Kier alpha value is -3.61. The van der Waals surface area contributed by atoms with Gasteiger partial charge in [-0.1, -0.05) is 36.4 Å². The number of carboxylic acid groups (broad SMARTS) is 1. The van der Waals surface area contributed by atoms with Crippen molar-refractivity contribution in [2.45, 2.75) is 13.5 Å². The number of nitrogens with zero attached hydrogens (tertiary/aromatic N) is 2. The molecule has 0 atom stereocenters. The zero-order valence-corrected chi connectivity index (χ0v) is 14.3. The van der Waals surface area contributed by atoms with E-state index in [1.807, 2.05) is 30.3 Å². The third-order valence-electron chi connectivity index (χ3n) is 4.18. The monoisotopic (exact) mass is 366 g/mol. The maximum atomic E-state index is 13.6. The normalized spacial score (nSPS) is 10.6. The molecule has 2 aromatic carbocycles. The minimum absolute atomic E-state index is 0.0746. The molecule has 0 saturated heterocycles. The molecule has 1 N–H and O–H groups in total. The number of aromatic carboxylic acids is 1. The molecular formula is C20H15FN2O4. The molecule has 0 unspecified atom stereocenters. The van der Waals surface area contributed by atoms with Crippen LogP contribution in [0.2, 0.25) is 0 Å². The van der Waals surface area contributed by atoms with Crippen molar-refractivity contribution in [3.63, 3.8) is 0 Å². The molecule has 0 radical (unpaired) electrons. The predicted molar refractivity (Wildman–Crippen MR) is 94.8 cm³/mol. The predicted octanol–water partition coefficient (Wildman–Crippen LogP) is 3.28. The van der Waals surface area contributed by atoms with Crippen LogP contribution < -0.4 is 0 Å². The lowest BCUT2D eigenvalue weighted by Crippen LogP contribution is -2.19. The number of aryl methyl sites for hydroxylation is 1. The Bertz CT molecular complexity index is 1040. The Labute approximate surface area is 153 Å². The van der Waals surface area contributed by atoms with E-state index in [2.05, 4.69) is 4.98 Å². The second kappa shape index (κ2) is 7.33. The molecule has 7 heteroatoms. The number of imidazole rings is 1. The summed E-state index contributed by atoms with van der Waals surface area (Å²) < 4.78 is 15.2. The zero-order chi connectivity index (χ0) is 19.6. The summed E-state index contributed by atoms with van der Waals surface area (Å²) in [7, 11) is 0. The van der Waals surface area contributed by atoms with Crippen LogP contribution in [0.5, 0.6) is 0 Å². The lowest BCUT2D eigenvalue weighted by atomic mass is 9.93. The average Bonchev–Trinajstić information content (AvgIpc) is 3.09. The van der Waals surface area contributed by atoms with Gasteiger partial charge in [-0.05, 0) is 24.1 Å². The van der Waals surface area contributed by atoms with E-state index in [1.165, 1.54) is 29.8 Å². The maximum absolute atomic E-state index is 13.6. The lowest BCUT2D eigenvalue weighted by Gasteiger charge is -2.12. The zero-order valence-electron chi connectivity index (χ0n) is 14.3. The Morgan fingerprint density at radius 1 is 1.07 bits per heavy atom. The van der Waals surface area contributed by atoms with Crippen LogP contribution in [0.4, 0.5) is 4.39 Å². The molecule has 0 saturated carbocycles. The van der Waals surface area contributed by atoms with Gasteiger partial charge in [0.2, 0.25) is 5.78 Å². The van der Waals surface area contributed by atoms with Crippen molar-refractivity contribution in [1.82, 2.24) is 9.55 Å². The van der Waals surface area contributed by atoms with Gasteiger partial charge in [0.15, 0.2) is 5.82 Å². The first-order valence-corrected chi connectivity index (χ1v) is 8.06. The van der Waals surface area contributed by atoms with E-state index in [1.54, 1.807) is 6.20 Å². The largest absolute Gasteiger partial charge is 0.478 e. The molecule has 0 bridgehead atoms. The fourth-order valence-electron chi connectivity index (χ4n) is 2.91. The summed E-state index contributed by atoms with van der Waals surface area (Å²) in [5.41, 5.74) is -0.406. The van der Waals surface area contributed by atoms with Gasteiger partial charge in [0.1, 0.15) is 0 Å². The summed E-state index contributed by atoms with van der Waals surface area (Å²) in [6, 6.07) is 9.88. The topological polar surface area (TPSA) is 89.3 Å². The van der Waals surface area contributed by atoms with Gasteiger partial charge < -0.3 is 9.67 Å². The smallest absolute Gasteiger partial charge is 0.336 e. The Morgan fingerprint density at radius 2 is 1.78 bits per heavy atom. The first-order chi connectivity index (χ1) is 12.9. The van der Waals surface area contributed by atoms with Crippen molar-refractivity contribution in [1.29, 1.82) is 0 Å². The molecule has 0 aliphatic heterocycles. The quantitative estimate of drug-likeness (QED) is 0.534. The Balaban J connectivity index is 2.13. The lowest BCUT2D eigenvalue weighted by molar-refractivity contribution is 0.0692. The first kappa shape index (κ1) is 18.2. The SMILES string of the molecule is Cc1ccc(C(=O)O)c(C(=O)c2nccn2Cc2ccccc2)c1C(=O)F. The summed E-state index contributed by atoms with van der Waals surface area (Å²) >= 11 is 0. The molecule has 3 rings (SSSR count). The molecule has 0 spiro atoms. The molecule has 27 heavy (non-hydrogen) atoms. The van der Waals surface area contributed by atoms with Crippen LogP contribution in [0, 0.1) is 6.92 Å². The number of rotatable bonds is 6. The number of carboxylic acids is 1. The van der Waals surface area contributed by atoms with Crippen molar-refractivity contribution in [3.05, 3.63) is 88.5 Å². The van der Waals surface area contributed by atoms with E-state index in [0.717, 1.165) is 5.56 Å². The highest BCUT2D eigenvalue weighted by Gasteiger charge is 2.29. The highest BCUT2D eigenvalue weighted by molar-refractivity contribution is 6.18. The number of ketones is 1. The minimum Gasteiger partial charge on any atom is -0.478 e. The molecule has 0 amide bonds. The summed E-state index contributed by atoms with van der Waals surface area (Å²) in [6.45, 7) is 1.75. The third-order valence-corrected chi connectivity index (χ3v) is 4.18. The molecule has 3 aromatic rings. The van der Waals surface area contributed by atoms with Crippen LogP contribution in [0.25, 0.3) is 0 Å². The fraction of sp³-hybridized carbons (Fsp3) is 0.100. The van der Waals surface area contributed by atoms with Crippen LogP contribution in [0.1, 0.15) is 48.0 Å². The van der Waals surface area contributed by atoms with Crippen molar-refractivity contribution in [2.75, 3.05) is 0 Å². The summed E-state index contributed by atoms with van der Waals surface area (Å²) in [4.78, 5) is 40.1. The second-order valence-corrected chi connectivity index (χ2v) is 5.95. The number of aromatic nitrogens is 2. The standard InChI is InChI=1S/C20H15FN2O4/c1-12-7-8-14(20(26)27)16(15(12)18(21)25)17(24)19-22-9-10-23(19)11-13-5-3-2-4-6-13/h2-10H,11H2,1H3,(H,26,27). The van der Waals surface area contributed by atoms with Crippen molar-refractivity contribution in [2.24, 2.45) is 0 Å². The van der Waals surface area contributed by atoms with Crippen LogP contribution in [0.3, 0.4) is 0 Å². The number of benzene rings is 2. The Morgan fingerprint density at radius 3 is 2.41 bits per heavy atom. The number of carbonyl (C=O) groups is 3. The molecule has 1 heterocycles. The molecular weight excluding hydrogens is 351 g/mol. The van der Waals surface area contributed by atoms with Crippen LogP contribution in [0.15, 0.2) is 54.9 Å². The Kier molecular flexibility index (Phi) is 4.94. The van der Waals surface area contributed by atoms with Gasteiger partial charge in [-0.25, -0.2) is 9.78 Å². The van der Waals surface area contributed by atoms with E-state index in [4.69, 9.17) is 0 Å². The van der Waals surface area contributed by atoms with Gasteiger partial charge in [0.25, 0.3) is 0 Å². The van der Waals surface area contributed by atoms with Gasteiger partial charge in [-0.3, -0.25) is 9.59 Å². The molecule has 0 fully saturated rings. The van der Waals surface area contributed by atoms with E-state index in [9.17, 15) is 23.9 Å². The average molecular weight is 366 g/mol. The summed E-state index contributed by atoms with van der Waals surface area (Å²) in [6.07, 6.45) is 2.96. The van der Waals surface area contributed by atoms with Crippen molar-refractivity contribution < 1.29 is 23.9 Å². The molecule has 1 aromatic heterocycles. The third kappa shape index (κ3) is 3.52. The minimum atomic E-state index is -1.86. The van der Waals surface area contributed by atoms with E-state index >= 15 is 0 Å². The summed E-state index contributed by atoms with van der Waals surface area (Å²) in [5, 5.41) is 9.40. The molecule has 6 nitrogen and oxygen atoms in total. The number of carbonyl (C=O) groups excluding carboxylic acids is 2. The van der Waals surface area contributed by atoms with Crippen molar-refractivity contribution >= 4 is 17.8 Å². The molecule has 0 aliphatic rings. The number of hydrogen-bond acceptors (Lipinski definition) is 4. The number of hydrogen-bond donors (Lipinski definition) is 1. The first-order valence-electron chi connectivity index (χ1n) is 8.06. The fourth-order valence-corrected chi connectivity index (χ4v) is 2.91. The summed E-state index contributed by atoms with van der Waals surface area (Å²) in [5.74, 6) is -2.32. The molecule has 136 valence electrons. The van der Waals surface area contributed by atoms with Gasteiger partial charge >= 0.3 is 12.0 Å². The number of halogens is 1. The van der Waals surface area contributed by atoms with Gasteiger partial charge in [-0.15, -0.1) is 0 Å². The van der Waals surface area contributed by atoms with Gasteiger partial charge in [-0.2, -0.15) is 4.39 Å². The highest BCUT2D eigenvalue weighted by atomic mass is 19.1. The van der Waals surface area contributed by atoms with E-state index < -0.39 is 34.5 Å².